The highest BCUT2D eigenvalue weighted by Gasteiger charge is 2.20. The van der Waals surface area contributed by atoms with Gasteiger partial charge in [-0.2, -0.15) is 5.10 Å². The summed E-state index contributed by atoms with van der Waals surface area (Å²) in [6, 6.07) is 10.7. The maximum absolute atomic E-state index is 12.6. The summed E-state index contributed by atoms with van der Waals surface area (Å²) >= 11 is 0. The maximum Gasteiger partial charge on any atom is 0.269 e. The van der Waals surface area contributed by atoms with Gasteiger partial charge < -0.3 is 5.32 Å². The minimum Gasteiger partial charge on any atom is -0.348 e. The van der Waals surface area contributed by atoms with E-state index < -0.39 is 0 Å². The lowest BCUT2D eigenvalue weighted by atomic mass is 9.86. The molecule has 1 saturated carbocycles. The topological polar surface area (TPSA) is 46.9 Å². The van der Waals surface area contributed by atoms with Crippen molar-refractivity contribution in [1.82, 2.24) is 15.1 Å². The molecule has 0 spiro atoms. The Balaban J connectivity index is 1.76. The summed E-state index contributed by atoms with van der Waals surface area (Å²) in [5.74, 6) is -0.0144. The fraction of sp³-hybridized carbons (Fsp3) is 0.524. The highest BCUT2D eigenvalue weighted by molar-refractivity contribution is 5.93. The molecule has 1 heterocycles. The smallest absolute Gasteiger partial charge is 0.269 e. The van der Waals surface area contributed by atoms with Crippen LogP contribution in [-0.4, -0.2) is 21.7 Å². The van der Waals surface area contributed by atoms with E-state index in [2.05, 4.69) is 55.5 Å². The number of nitrogens with zero attached hydrogens (tertiary/aromatic N) is 2. The van der Waals surface area contributed by atoms with E-state index in [1.807, 2.05) is 13.1 Å². The lowest BCUT2D eigenvalue weighted by Gasteiger charge is -2.22. The van der Waals surface area contributed by atoms with Gasteiger partial charge in [0.1, 0.15) is 5.69 Å². The van der Waals surface area contributed by atoms with E-state index >= 15 is 0 Å². The van der Waals surface area contributed by atoms with E-state index in [0.29, 0.717) is 11.7 Å². The average molecular weight is 339 g/mol. The van der Waals surface area contributed by atoms with Crippen molar-refractivity contribution < 1.29 is 4.79 Å². The molecule has 134 valence electrons. The van der Waals surface area contributed by atoms with E-state index in [4.69, 9.17) is 0 Å². The first-order valence-corrected chi connectivity index (χ1v) is 9.30. The van der Waals surface area contributed by atoms with Gasteiger partial charge in [0.2, 0.25) is 0 Å². The zero-order valence-corrected chi connectivity index (χ0v) is 15.8. The van der Waals surface area contributed by atoms with Crippen LogP contribution in [0.25, 0.3) is 11.3 Å². The van der Waals surface area contributed by atoms with Gasteiger partial charge in [-0.3, -0.25) is 9.48 Å². The molecular formula is C21H29N3O. The second-order valence-electron chi connectivity index (χ2n) is 8.17. The third-order valence-electron chi connectivity index (χ3n) is 5.10. The van der Waals surface area contributed by atoms with Crippen molar-refractivity contribution in [2.24, 2.45) is 7.05 Å². The third-order valence-corrected chi connectivity index (χ3v) is 5.10. The molecule has 1 amide bonds. The highest BCUT2D eigenvalue weighted by atomic mass is 16.2. The van der Waals surface area contributed by atoms with Gasteiger partial charge in [-0.15, -0.1) is 0 Å². The molecule has 0 unspecified atom stereocenters. The Hall–Kier alpha value is -2.10. The normalized spacial score (nSPS) is 16.0. The summed E-state index contributed by atoms with van der Waals surface area (Å²) in [6.45, 7) is 6.61. The summed E-state index contributed by atoms with van der Waals surface area (Å²) in [7, 11) is 1.84. The number of aryl methyl sites for hydroxylation is 1. The molecule has 25 heavy (non-hydrogen) atoms. The Labute approximate surface area is 150 Å². The molecule has 1 aliphatic carbocycles. The van der Waals surface area contributed by atoms with Crippen LogP contribution in [0.1, 0.15) is 68.9 Å². The Morgan fingerprint density at radius 2 is 1.76 bits per heavy atom. The lowest BCUT2D eigenvalue weighted by molar-refractivity contribution is 0.0918. The van der Waals surface area contributed by atoms with Gasteiger partial charge in [-0.05, 0) is 29.9 Å². The van der Waals surface area contributed by atoms with E-state index in [0.717, 1.165) is 24.1 Å². The predicted molar refractivity (Wildman–Crippen MR) is 102 cm³/mol. The summed E-state index contributed by atoms with van der Waals surface area (Å²) in [5.41, 5.74) is 3.94. The van der Waals surface area contributed by atoms with Gasteiger partial charge >= 0.3 is 0 Å². The third kappa shape index (κ3) is 4.12. The number of hydrogen-bond donors (Lipinski definition) is 1. The first-order valence-electron chi connectivity index (χ1n) is 9.30. The second-order valence-corrected chi connectivity index (χ2v) is 8.17. The molecule has 0 saturated heterocycles. The molecule has 1 N–H and O–H groups in total. The molecule has 0 radical (unpaired) electrons. The number of aromatic nitrogens is 2. The van der Waals surface area contributed by atoms with Gasteiger partial charge in [0, 0.05) is 18.7 Å². The molecule has 0 bridgehead atoms. The van der Waals surface area contributed by atoms with Crippen LogP contribution in [0.5, 0.6) is 0 Å². The molecule has 1 aromatic heterocycles. The standard InChI is InChI=1S/C21H29N3O/c1-21(2,3)16-12-10-15(11-13-16)18-14-19(24(4)23-18)20(25)22-17-8-6-5-7-9-17/h10-14,17H,5-9H2,1-4H3,(H,22,25). The molecule has 4 heteroatoms. The summed E-state index contributed by atoms with van der Waals surface area (Å²) in [4.78, 5) is 12.6. The van der Waals surface area contributed by atoms with Crippen LogP contribution in [-0.2, 0) is 12.5 Å². The van der Waals surface area contributed by atoms with Crippen molar-refractivity contribution in [3.8, 4) is 11.3 Å². The van der Waals surface area contributed by atoms with Crippen LogP contribution in [0, 0.1) is 0 Å². The van der Waals surface area contributed by atoms with Gasteiger partial charge in [-0.25, -0.2) is 0 Å². The van der Waals surface area contributed by atoms with Crippen molar-refractivity contribution in [2.45, 2.75) is 64.3 Å². The molecule has 1 fully saturated rings. The largest absolute Gasteiger partial charge is 0.348 e. The average Bonchev–Trinajstić information content (AvgIpc) is 2.97. The van der Waals surface area contributed by atoms with E-state index in [-0.39, 0.29) is 11.3 Å². The van der Waals surface area contributed by atoms with Crippen LogP contribution in [0.4, 0.5) is 0 Å². The zero-order valence-electron chi connectivity index (χ0n) is 15.8. The minimum absolute atomic E-state index is 0.0144. The van der Waals surface area contributed by atoms with E-state index in [1.54, 1.807) is 4.68 Å². The summed E-state index contributed by atoms with van der Waals surface area (Å²) < 4.78 is 1.69. The quantitative estimate of drug-likeness (QED) is 0.898. The van der Waals surface area contributed by atoms with Gasteiger partial charge in [0.15, 0.2) is 0 Å². The molecule has 3 rings (SSSR count). The Morgan fingerprint density at radius 1 is 1.12 bits per heavy atom. The molecule has 1 aromatic carbocycles. The van der Waals surface area contributed by atoms with Crippen molar-refractivity contribution in [2.75, 3.05) is 0 Å². The van der Waals surface area contributed by atoms with Crippen LogP contribution >= 0.6 is 0 Å². The van der Waals surface area contributed by atoms with E-state index in [1.165, 1.54) is 24.8 Å². The molecule has 0 aliphatic heterocycles. The number of nitrogens with one attached hydrogen (secondary N) is 1. The number of rotatable bonds is 3. The number of hydrogen-bond acceptors (Lipinski definition) is 2. The molecule has 2 aromatic rings. The Bertz CT molecular complexity index is 731. The molecule has 1 aliphatic rings. The fourth-order valence-corrected chi connectivity index (χ4v) is 3.47. The first-order chi connectivity index (χ1) is 11.8. The van der Waals surface area contributed by atoms with Crippen molar-refractivity contribution in [3.63, 3.8) is 0 Å². The van der Waals surface area contributed by atoms with Crippen LogP contribution in [0.3, 0.4) is 0 Å². The molecule has 0 atom stereocenters. The van der Waals surface area contributed by atoms with Crippen LogP contribution in [0.15, 0.2) is 30.3 Å². The number of carbonyl (C=O) groups is 1. The Kier molecular flexibility index (Phi) is 4.98. The Morgan fingerprint density at radius 3 is 2.36 bits per heavy atom. The van der Waals surface area contributed by atoms with E-state index in [9.17, 15) is 4.79 Å². The minimum atomic E-state index is -0.0144. The number of carbonyl (C=O) groups excluding carboxylic acids is 1. The number of amides is 1. The maximum atomic E-state index is 12.6. The van der Waals surface area contributed by atoms with Crippen molar-refractivity contribution in [3.05, 3.63) is 41.6 Å². The van der Waals surface area contributed by atoms with Gasteiger partial charge in [0.05, 0.1) is 5.69 Å². The van der Waals surface area contributed by atoms with Crippen molar-refractivity contribution >= 4 is 5.91 Å². The summed E-state index contributed by atoms with van der Waals surface area (Å²) in [6.07, 6.45) is 5.88. The van der Waals surface area contributed by atoms with Crippen LogP contribution in [0.2, 0.25) is 0 Å². The predicted octanol–water partition coefficient (Wildman–Crippen LogP) is 4.45. The lowest BCUT2D eigenvalue weighted by Crippen LogP contribution is -2.37. The SMILES string of the molecule is Cn1nc(-c2ccc(C(C)(C)C)cc2)cc1C(=O)NC1CCCCC1. The highest BCUT2D eigenvalue weighted by Crippen LogP contribution is 2.26. The fourth-order valence-electron chi connectivity index (χ4n) is 3.47. The molecular weight excluding hydrogens is 310 g/mol. The van der Waals surface area contributed by atoms with Crippen molar-refractivity contribution in [1.29, 1.82) is 0 Å². The molecule has 4 nitrogen and oxygen atoms in total. The first kappa shape index (κ1) is 17.7. The van der Waals surface area contributed by atoms with Gasteiger partial charge in [-0.1, -0.05) is 64.3 Å². The zero-order chi connectivity index (χ0) is 18.0. The monoisotopic (exact) mass is 339 g/mol. The van der Waals surface area contributed by atoms with Gasteiger partial charge in [0.25, 0.3) is 5.91 Å². The summed E-state index contributed by atoms with van der Waals surface area (Å²) in [5, 5.41) is 7.71. The second kappa shape index (κ2) is 7.03. The van der Waals surface area contributed by atoms with Crippen LogP contribution < -0.4 is 5.32 Å². The number of benzene rings is 1.